The number of halogens is 4. The van der Waals surface area contributed by atoms with E-state index in [-0.39, 0.29) is 5.56 Å². The lowest BCUT2D eigenvalue weighted by Crippen LogP contribution is -2.27. The van der Waals surface area contributed by atoms with Crippen LogP contribution in [0.2, 0.25) is 0 Å². The minimum absolute atomic E-state index is 0.00394. The van der Waals surface area contributed by atoms with Crippen molar-refractivity contribution in [3.05, 3.63) is 29.6 Å². The minimum atomic E-state index is -4.80. The molecule has 0 radical (unpaired) electrons. The van der Waals surface area contributed by atoms with Gasteiger partial charge in [-0.05, 0) is 23.6 Å². The van der Waals surface area contributed by atoms with E-state index >= 15 is 0 Å². The van der Waals surface area contributed by atoms with Gasteiger partial charge < -0.3 is 10.5 Å². The van der Waals surface area contributed by atoms with Gasteiger partial charge in [-0.15, -0.1) is 13.2 Å². The molecule has 1 atom stereocenters. The third-order valence-electron chi connectivity index (χ3n) is 2.47. The number of ether oxygens (including phenoxy) is 1. The van der Waals surface area contributed by atoms with E-state index in [4.69, 9.17) is 5.73 Å². The normalized spacial score (nSPS) is 14.4. The third-order valence-corrected chi connectivity index (χ3v) is 2.47. The zero-order valence-corrected chi connectivity index (χ0v) is 10.3. The topological polar surface area (TPSA) is 35.2 Å². The smallest absolute Gasteiger partial charge is 0.406 e. The molecule has 2 nitrogen and oxygen atoms in total. The molecule has 6 heteroatoms. The molecule has 0 unspecified atom stereocenters. The van der Waals surface area contributed by atoms with Gasteiger partial charge in [0.15, 0.2) is 0 Å². The van der Waals surface area contributed by atoms with Crippen LogP contribution in [-0.2, 0) is 0 Å². The van der Waals surface area contributed by atoms with Crippen molar-refractivity contribution in [2.45, 2.75) is 33.2 Å². The molecule has 0 aromatic heterocycles. The van der Waals surface area contributed by atoms with Crippen LogP contribution in [0.5, 0.6) is 5.75 Å². The van der Waals surface area contributed by atoms with Gasteiger partial charge in [-0.1, -0.05) is 20.8 Å². The number of rotatable bonds is 2. The van der Waals surface area contributed by atoms with E-state index in [0.29, 0.717) is 0 Å². The maximum atomic E-state index is 13.6. The third kappa shape index (κ3) is 3.87. The van der Waals surface area contributed by atoms with E-state index in [2.05, 4.69) is 4.74 Å². The number of hydrogen-bond acceptors (Lipinski definition) is 2. The fourth-order valence-electron chi connectivity index (χ4n) is 1.42. The number of nitrogens with two attached hydrogens (primary N) is 1. The van der Waals surface area contributed by atoms with Crippen LogP contribution in [0.4, 0.5) is 17.6 Å². The fourth-order valence-corrected chi connectivity index (χ4v) is 1.42. The molecule has 0 saturated heterocycles. The van der Waals surface area contributed by atoms with Gasteiger partial charge >= 0.3 is 6.36 Å². The van der Waals surface area contributed by atoms with Crippen LogP contribution >= 0.6 is 0 Å². The van der Waals surface area contributed by atoms with Gasteiger partial charge in [0.05, 0.1) is 0 Å². The summed E-state index contributed by atoms with van der Waals surface area (Å²) in [6.45, 7) is 5.32. The zero-order valence-electron chi connectivity index (χ0n) is 10.3. The number of benzene rings is 1. The molecule has 2 N–H and O–H groups in total. The van der Waals surface area contributed by atoms with Crippen LogP contribution in [-0.4, -0.2) is 6.36 Å². The fraction of sp³-hybridized carbons (Fsp3) is 0.500. The van der Waals surface area contributed by atoms with E-state index in [1.807, 2.05) is 0 Å². The Morgan fingerprint density at radius 3 is 2.17 bits per heavy atom. The van der Waals surface area contributed by atoms with E-state index < -0.39 is 29.4 Å². The Kier molecular flexibility index (Phi) is 3.90. The Morgan fingerprint density at radius 2 is 1.72 bits per heavy atom. The van der Waals surface area contributed by atoms with Crippen molar-refractivity contribution in [2.75, 3.05) is 0 Å². The maximum absolute atomic E-state index is 13.6. The molecular weight excluding hydrogens is 250 g/mol. The first-order chi connectivity index (χ1) is 8.00. The average Bonchev–Trinajstić information content (AvgIpc) is 2.16. The second-order valence-electron chi connectivity index (χ2n) is 5.07. The first kappa shape index (κ1) is 14.8. The molecule has 0 spiro atoms. The summed E-state index contributed by atoms with van der Waals surface area (Å²) in [5.74, 6) is -1.12. The predicted octanol–water partition coefficient (Wildman–Crippen LogP) is 3.77. The molecule has 0 bridgehead atoms. The Hall–Kier alpha value is -1.30. The lowest BCUT2D eigenvalue weighted by Gasteiger charge is -2.28. The predicted molar refractivity (Wildman–Crippen MR) is 59.5 cm³/mol. The molecule has 1 rings (SSSR count). The molecule has 0 amide bonds. The van der Waals surface area contributed by atoms with Crippen molar-refractivity contribution in [2.24, 2.45) is 11.1 Å². The molecular formula is C12H15F4NO. The first-order valence-electron chi connectivity index (χ1n) is 5.31. The second-order valence-corrected chi connectivity index (χ2v) is 5.07. The molecule has 0 saturated carbocycles. The SMILES string of the molecule is CC(C)(C)[C@@H](N)c1cc(OC(F)(F)F)ccc1F. The van der Waals surface area contributed by atoms with Crippen molar-refractivity contribution in [3.8, 4) is 5.75 Å². The lowest BCUT2D eigenvalue weighted by molar-refractivity contribution is -0.274. The van der Waals surface area contributed by atoms with Crippen molar-refractivity contribution in [1.82, 2.24) is 0 Å². The summed E-state index contributed by atoms with van der Waals surface area (Å²) in [5, 5.41) is 0. The highest BCUT2D eigenvalue weighted by molar-refractivity contribution is 5.32. The Labute approximate surface area is 103 Å². The lowest BCUT2D eigenvalue weighted by atomic mass is 9.83. The Balaban J connectivity index is 3.09. The summed E-state index contributed by atoms with van der Waals surface area (Å²) in [6.07, 6.45) is -4.80. The summed E-state index contributed by atoms with van der Waals surface area (Å²) in [7, 11) is 0. The van der Waals surface area contributed by atoms with Gasteiger partial charge in [-0.2, -0.15) is 0 Å². The van der Waals surface area contributed by atoms with E-state index in [0.717, 1.165) is 18.2 Å². The molecule has 0 aliphatic rings. The molecule has 18 heavy (non-hydrogen) atoms. The summed E-state index contributed by atoms with van der Waals surface area (Å²) in [6, 6.07) is 2.09. The van der Waals surface area contributed by atoms with Crippen LogP contribution in [0.1, 0.15) is 32.4 Å². The molecule has 1 aromatic rings. The van der Waals surface area contributed by atoms with Gasteiger partial charge in [0.25, 0.3) is 0 Å². The summed E-state index contributed by atoms with van der Waals surface area (Å²) in [5.41, 5.74) is 5.36. The highest BCUT2D eigenvalue weighted by Crippen LogP contribution is 2.34. The quantitative estimate of drug-likeness (QED) is 0.826. The highest BCUT2D eigenvalue weighted by atomic mass is 19.4. The molecule has 0 aliphatic carbocycles. The van der Waals surface area contributed by atoms with Crippen molar-refractivity contribution < 1.29 is 22.3 Å². The Bertz CT molecular complexity index is 423. The van der Waals surface area contributed by atoms with Gasteiger partial charge in [-0.3, -0.25) is 0 Å². The summed E-state index contributed by atoms with van der Waals surface area (Å²) < 4.78 is 53.5. The molecule has 0 heterocycles. The highest BCUT2D eigenvalue weighted by Gasteiger charge is 2.32. The van der Waals surface area contributed by atoms with Crippen LogP contribution in [0, 0.1) is 11.2 Å². The first-order valence-corrected chi connectivity index (χ1v) is 5.31. The molecule has 1 aromatic carbocycles. The van der Waals surface area contributed by atoms with E-state index in [1.54, 1.807) is 20.8 Å². The van der Waals surface area contributed by atoms with Crippen molar-refractivity contribution in [1.29, 1.82) is 0 Å². The maximum Gasteiger partial charge on any atom is 0.573 e. The number of alkyl halides is 3. The van der Waals surface area contributed by atoms with Gasteiger partial charge in [0.2, 0.25) is 0 Å². The summed E-state index contributed by atoms with van der Waals surface area (Å²) >= 11 is 0. The van der Waals surface area contributed by atoms with Crippen LogP contribution in [0.3, 0.4) is 0 Å². The Morgan fingerprint density at radius 1 is 1.17 bits per heavy atom. The van der Waals surface area contributed by atoms with Gasteiger partial charge in [0, 0.05) is 11.6 Å². The monoisotopic (exact) mass is 265 g/mol. The average molecular weight is 265 g/mol. The largest absolute Gasteiger partial charge is 0.573 e. The summed E-state index contributed by atoms with van der Waals surface area (Å²) in [4.78, 5) is 0. The van der Waals surface area contributed by atoms with Gasteiger partial charge in [-0.25, -0.2) is 4.39 Å². The zero-order chi connectivity index (χ0) is 14.1. The van der Waals surface area contributed by atoms with Crippen LogP contribution in [0.15, 0.2) is 18.2 Å². The molecule has 102 valence electrons. The van der Waals surface area contributed by atoms with Crippen molar-refractivity contribution in [3.63, 3.8) is 0 Å². The molecule has 0 aliphatic heterocycles. The second kappa shape index (κ2) is 4.76. The van der Waals surface area contributed by atoms with E-state index in [1.165, 1.54) is 0 Å². The van der Waals surface area contributed by atoms with E-state index in [9.17, 15) is 17.6 Å². The minimum Gasteiger partial charge on any atom is -0.406 e. The van der Waals surface area contributed by atoms with Gasteiger partial charge in [0.1, 0.15) is 11.6 Å². The molecule has 0 fully saturated rings. The standard InChI is InChI=1S/C12H15F4NO/c1-11(2,3)10(17)8-6-7(4-5-9(8)13)18-12(14,15)16/h4-6,10H,17H2,1-3H3/t10-/m0/s1. The van der Waals surface area contributed by atoms with Crippen LogP contribution in [0.25, 0.3) is 0 Å². The van der Waals surface area contributed by atoms with Crippen molar-refractivity contribution >= 4 is 0 Å². The number of hydrogen-bond donors (Lipinski definition) is 1. The van der Waals surface area contributed by atoms with Crippen LogP contribution < -0.4 is 10.5 Å².